The lowest BCUT2D eigenvalue weighted by Gasteiger charge is -2.21. The molecule has 0 heterocycles. The van der Waals surface area contributed by atoms with Gasteiger partial charge in [-0.2, -0.15) is 0 Å². The Balaban J connectivity index is 5.25. The normalized spacial score (nSPS) is 14.3. The maximum Gasteiger partial charge on any atom is 0.472 e. The summed E-state index contributed by atoms with van der Waals surface area (Å²) in [6.07, 6.45) is 55.2. The number of rotatable bonds is 75. The van der Waals surface area contributed by atoms with Gasteiger partial charge in [0.05, 0.1) is 26.4 Å². The molecule has 0 aliphatic carbocycles. The average Bonchev–Trinajstić information content (AvgIpc) is 2.28. The van der Waals surface area contributed by atoms with E-state index in [1.807, 2.05) is 0 Å². The van der Waals surface area contributed by atoms with E-state index in [9.17, 15) is 43.2 Å². The fourth-order valence-corrected chi connectivity index (χ4v) is 13.2. The van der Waals surface area contributed by atoms with E-state index in [1.165, 1.54) is 212 Å². The zero-order valence-corrected chi connectivity index (χ0v) is 63.8. The highest BCUT2D eigenvalue weighted by molar-refractivity contribution is 7.47. The zero-order chi connectivity index (χ0) is 70.0. The Hall–Kier alpha value is -1.94. The van der Waals surface area contributed by atoms with Gasteiger partial charge in [0.15, 0.2) is 12.2 Å². The van der Waals surface area contributed by atoms with Crippen LogP contribution in [-0.4, -0.2) is 96.7 Å². The summed E-state index contributed by atoms with van der Waals surface area (Å²) >= 11 is 0. The van der Waals surface area contributed by atoms with Crippen molar-refractivity contribution >= 4 is 39.5 Å². The van der Waals surface area contributed by atoms with Crippen LogP contribution in [0.4, 0.5) is 0 Å². The van der Waals surface area contributed by atoms with Gasteiger partial charge in [0.2, 0.25) is 0 Å². The van der Waals surface area contributed by atoms with Crippen molar-refractivity contribution in [1.82, 2.24) is 0 Å². The lowest BCUT2D eigenvalue weighted by molar-refractivity contribution is -0.161. The van der Waals surface area contributed by atoms with Gasteiger partial charge in [0, 0.05) is 25.7 Å². The maximum atomic E-state index is 13.1. The van der Waals surface area contributed by atoms with Gasteiger partial charge in [-0.25, -0.2) is 9.13 Å². The fourth-order valence-electron chi connectivity index (χ4n) is 11.6. The predicted molar refractivity (Wildman–Crippen MR) is 386 cm³/mol. The first-order chi connectivity index (χ1) is 45.9. The van der Waals surface area contributed by atoms with Gasteiger partial charge in [-0.15, -0.1) is 0 Å². The number of aliphatic hydroxyl groups excluding tert-OH is 1. The van der Waals surface area contributed by atoms with Crippen LogP contribution in [0.15, 0.2) is 0 Å². The Morgan fingerprint density at radius 2 is 0.537 bits per heavy atom. The van der Waals surface area contributed by atoms with Crippen LogP contribution in [0.5, 0.6) is 0 Å². The lowest BCUT2D eigenvalue weighted by atomic mass is 9.99. The summed E-state index contributed by atoms with van der Waals surface area (Å²) in [6.45, 7) is 9.65. The molecule has 0 aromatic heterocycles. The highest BCUT2D eigenvalue weighted by Crippen LogP contribution is 2.45. The second-order valence-corrected chi connectivity index (χ2v) is 31.0. The molecule has 0 saturated carbocycles. The number of hydrogen-bond donors (Lipinski definition) is 3. The smallest absolute Gasteiger partial charge is 0.462 e. The number of unbranched alkanes of at least 4 members (excludes halogenated alkanes) is 44. The Kier molecular flexibility index (Phi) is 66.5. The number of ether oxygens (including phenoxy) is 4. The second kappa shape index (κ2) is 67.9. The molecule has 0 spiro atoms. The molecular weight excluding hydrogens is 1250 g/mol. The molecule has 0 rings (SSSR count). The number of carbonyl (C=O) groups is 4. The third kappa shape index (κ3) is 69.0. The summed E-state index contributed by atoms with van der Waals surface area (Å²) in [5, 5.41) is 10.6. The summed E-state index contributed by atoms with van der Waals surface area (Å²) in [7, 11) is -9.91. The summed E-state index contributed by atoms with van der Waals surface area (Å²) in [5.41, 5.74) is 0. The summed E-state index contributed by atoms with van der Waals surface area (Å²) in [6, 6.07) is 0. The van der Waals surface area contributed by atoms with E-state index in [-0.39, 0.29) is 25.7 Å². The minimum Gasteiger partial charge on any atom is -0.462 e. The minimum atomic E-state index is -4.96. The molecule has 0 aliphatic rings. The highest BCUT2D eigenvalue weighted by atomic mass is 31.2. The molecule has 0 aromatic rings. The first-order valence-corrected chi connectivity index (χ1v) is 42.5. The Labute approximate surface area is 581 Å². The molecule has 95 heavy (non-hydrogen) atoms. The van der Waals surface area contributed by atoms with Crippen molar-refractivity contribution in [2.24, 2.45) is 11.8 Å². The maximum absolute atomic E-state index is 13.1. The van der Waals surface area contributed by atoms with E-state index in [4.69, 9.17) is 37.0 Å². The monoisotopic (exact) mass is 1400 g/mol. The molecule has 19 heteroatoms. The van der Waals surface area contributed by atoms with Gasteiger partial charge in [0.25, 0.3) is 0 Å². The van der Waals surface area contributed by atoms with Gasteiger partial charge in [0.1, 0.15) is 19.3 Å². The Bertz CT molecular complexity index is 1840. The standard InChI is InChI=1S/C76H148O17P2/c1-7-10-12-14-16-18-20-28-36-42-48-54-60-75(80)92-71(64-86-73(78)58-52-46-40-34-26-19-17-15-13-11-8-2)66-90-94(82,83)88-62-70(77)63-89-95(84,85)91-67-72(65-87-74(79)59-53-47-41-35-31-30-33-39-45-51-57-69(6)9-3)93-76(81)61-55-49-43-37-29-25-23-21-22-24-27-32-38-44-50-56-68(4)5/h68-72,77H,7-67H2,1-6H3,(H,82,83)(H,84,85)/t69?,70-,71+,72+/m0/s1. The molecule has 0 aromatic carbocycles. The molecule has 3 N–H and O–H groups in total. The first-order valence-electron chi connectivity index (χ1n) is 39.5. The topological polar surface area (TPSA) is 237 Å². The average molecular weight is 1400 g/mol. The number of carbonyl (C=O) groups excluding carboxylic acids is 4. The number of esters is 4. The molecule has 3 unspecified atom stereocenters. The van der Waals surface area contributed by atoms with Crippen LogP contribution in [0.1, 0.15) is 395 Å². The Morgan fingerprint density at radius 3 is 0.800 bits per heavy atom. The van der Waals surface area contributed by atoms with Crippen LogP contribution >= 0.6 is 15.6 Å². The quantitative estimate of drug-likeness (QED) is 0.0222. The van der Waals surface area contributed by atoms with Gasteiger partial charge >= 0.3 is 39.5 Å². The number of phosphoric acid groups is 2. The summed E-state index contributed by atoms with van der Waals surface area (Å²) in [5.74, 6) is -0.501. The third-order valence-corrected chi connectivity index (χ3v) is 20.0. The molecule has 0 bridgehead atoms. The number of aliphatic hydroxyl groups is 1. The van der Waals surface area contributed by atoms with Crippen molar-refractivity contribution in [3.63, 3.8) is 0 Å². The van der Waals surface area contributed by atoms with Gasteiger partial charge in [-0.05, 0) is 37.5 Å². The van der Waals surface area contributed by atoms with Crippen LogP contribution in [0.2, 0.25) is 0 Å². The van der Waals surface area contributed by atoms with Crippen LogP contribution in [0.3, 0.4) is 0 Å². The highest BCUT2D eigenvalue weighted by Gasteiger charge is 2.30. The van der Waals surface area contributed by atoms with Crippen molar-refractivity contribution in [3.8, 4) is 0 Å². The zero-order valence-electron chi connectivity index (χ0n) is 62.0. The molecule has 564 valence electrons. The fraction of sp³-hybridized carbons (Fsp3) is 0.947. The SMILES string of the molecule is CCCCCCCCCCCCCCC(=O)O[C@H](COC(=O)CCCCCCCCCCCCC)COP(=O)(O)OC[C@H](O)COP(=O)(O)OC[C@@H](COC(=O)CCCCCCCCCCCCC(C)CC)OC(=O)CCCCCCCCCCCCCCCCCC(C)C. The molecule has 0 fully saturated rings. The number of phosphoric ester groups is 2. The third-order valence-electron chi connectivity index (χ3n) is 18.1. The van der Waals surface area contributed by atoms with Gasteiger partial charge in [-0.3, -0.25) is 37.3 Å². The molecule has 0 amide bonds. The predicted octanol–water partition coefficient (Wildman–Crippen LogP) is 22.3. The molecule has 0 aliphatic heterocycles. The van der Waals surface area contributed by atoms with E-state index >= 15 is 0 Å². The van der Waals surface area contributed by atoms with Crippen LogP contribution in [-0.2, 0) is 65.4 Å². The number of hydrogen-bond acceptors (Lipinski definition) is 15. The second-order valence-electron chi connectivity index (χ2n) is 28.1. The van der Waals surface area contributed by atoms with Crippen LogP contribution in [0.25, 0.3) is 0 Å². The van der Waals surface area contributed by atoms with E-state index in [2.05, 4.69) is 41.5 Å². The van der Waals surface area contributed by atoms with Crippen LogP contribution in [0, 0.1) is 11.8 Å². The molecule has 0 radical (unpaired) electrons. The molecular formula is C76H148O17P2. The van der Waals surface area contributed by atoms with E-state index in [1.54, 1.807) is 0 Å². The largest absolute Gasteiger partial charge is 0.472 e. The first kappa shape index (κ1) is 93.1. The minimum absolute atomic E-state index is 0.108. The van der Waals surface area contributed by atoms with E-state index < -0.39 is 97.5 Å². The molecule has 17 nitrogen and oxygen atoms in total. The summed E-state index contributed by atoms with van der Waals surface area (Å²) in [4.78, 5) is 72.8. The van der Waals surface area contributed by atoms with Crippen LogP contribution < -0.4 is 0 Å². The Morgan fingerprint density at radius 1 is 0.305 bits per heavy atom. The van der Waals surface area contributed by atoms with Crippen molar-refractivity contribution < 1.29 is 80.2 Å². The van der Waals surface area contributed by atoms with E-state index in [0.29, 0.717) is 25.7 Å². The lowest BCUT2D eigenvalue weighted by Crippen LogP contribution is -2.30. The molecule has 0 saturated heterocycles. The van der Waals surface area contributed by atoms with E-state index in [0.717, 1.165) is 102 Å². The van der Waals surface area contributed by atoms with Crippen molar-refractivity contribution in [2.45, 2.75) is 413 Å². The van der Waals surface area contributed by atoms with Crippen molar-refractivity contribution in [2.75, 3.05) is 39.6 Å². The van der Waals surface area contributed by atoms with Gasteiger partial charge in [-0.1, -0.05) is 343 Å². The van der Waals surface area contributed by atoms with Gasteiger partial charge < -0.3 is 33.8 Å². The van der Waals surface area contributed by atoms with Crippen molar-refractivity contribution in [1.29, 1.82) is 0 Å². The molecule has 6 atom stereocenters. The van der Waals surface area contributed by atoms with Crippen molar-refractivity contribution in [3.05, 3.63) is 0 Å². The summed E-state index contributed by atoms with van der Waals surface area (Å²) < 4.78 is 68.5.